The Kier molecular flexibility index (Phi) is 4.22. The van der Waals surface area contributed by atoms with E-state index in [1.165, 1.54) is 13.2 Å². The first kappa shape index (κ1) is 15.0. The highest BCUT2D eigenvalue weighted by atomic mass is 16.5. The lowest BCUT2D eigenvalue weighted by Crippen LogP contribution is -2.50. The summed E-state index contributed by atoms with van der Waals surface area (Å²) in [7, 11) is 1.45. The molecule has 3 heterocycles. The molecule has 3 rings (SSSR count). The molecule has 120 valence electrons. The minimum Gasteiger partial charge on any atom is -0.479 e. The zero-order chi connectivity index (χ0) is 16.2. The number of carbonyl (C=O) groups is 2. The van der Waals surface area contributed by atoms with Crippen LogP contribution in [0.1, 0.15) is 21.0 Å². The topological polar surface area (TPSA) is 88.8 Å². The van der Waals surface area contributed by atoms with Gasteiger partial charge >= 0.3 is 0 Å². The fraction of sp³-hybridized carbons (Fsp3) is 0.333. The van der Waals surface area contributed by atoms with Gasteiger partial charge in [-0.1, -0.05) is 6.07 Å². The molecule has 1 aliphatic heterocycles. The second kappa shape index (κ2) is 6.47. The summed E-state index contributed by atoms with van der Waals surface area (Å²) >= 11 is 0. The lowest BCUT2D eigenvalue weighted by Gasteiger charge is -2.34. The number of ether oxygens (including phenoxy) is 1. The second-order valence-electron chi connectivity index (χ2n) is 5.03. The number of amides is 2. The Morgan fingerprint density at radius 2 is 1.83 bits per heavy atom. The van der Waals surface area contributed by atoms with Crippen molar-refractivity contribution in [2.24, 2.45) is 0 Å². The highest BCUT2D eigenvalue weighted by Gasteiger charge is 2.27. The van der Waals surface area contributed by atoms with Gasteiger partial charge in [0.2, 0.25) is 5.76 Å². The molecule has 1 saturated heterocycles. The first-order valence-electron chi connectivity index (χ1n) is 7.19. The average Bonchev–Trinajstić information content (AvgIpc) is 3.10. The van der Waals surface area contributed by atoms with Crippen LogP contribution in [-0.2, 0) is 0 Å². The van der Waals surface area contributed by atoms with Gasteiger partial charge in [0.15, 0.2) is 0 Å². The number of rotatable bonds is 3. The Hall–Kier alpha value is -2.90. The van der Waals surface area contributed by atoms with Crippen LogP contribution in [0.5, 0.6) is 5.88 Å². The summed E-state index contributed by atoms with van der Waals surface area (Å²) < 4.78 is 9.85. The molecule has 0 radical (unpaired) electrons. The molecule has 0 N–H and O–H groups in total. The zero-order valence-corrected chi connectivity index (χ0v) is 12.6. The Bertz CT molecular complexity index is 693. The third-order valence-corrected chi connectivity index (χ3v) is 3.65. The van der Waals surface area contributed by atoms with E-state index in [-0.39, 0.29) is 23.5 Å². The van der Waals surface area contributed by atoms with E-state index in [1.807, 2.05) is 0 Å². The number of hydrogen-bond acceptors (Lipinski definition) is 6. The molecular weight excluding hydrogens is 300 g/mol. The second-order valence-corrected chi connectivity index (χ2v) is 5.03. The maximum atomic E-state index is 12.3. The van der Waals surface area contributed by atoms with Gasteiger partial charge in [0.1, 0.15) is 5.69 Å². The lowest BCUT2D eigenvalue weighted by molar-refractivity contribution is 0.0510. The fourth-order valence-electron chi connectivity index (χ4n) is 2.38. The Morgan fingerprint density at radius 3 is 2.39 bits per heavy atom. The predicted octanol–water partition coefficient (Wildman–Crippen LogP) is 0.676. The van der Waals surface area contributed by atoms with Crippen LogP contribution in [0.25, 0.3) is 0 Å². The maximum absolute atomic E-state index is 12.3. The van der Waals surface area contributed by atoms with E-state index in [9.17, 15) is 9.59 Å². The molecule has 2 aromatic heterocycles. The molecule has 0 bridgehead atoms. The van der Waals surface area contributed by atoms with Crippen LogP contribution < -0.4 is 4.74 Å². The summed E-state index contributed by atoms with van der Waals surface area (Å²) in [4.78, 5) is 32.0. The van der Waals surface area contributed by atoms with Crippen molar-refractivity contribution in [1.29, 1.82) is 0 Å². The van der Waals surface area contributed by atoms with Crippen molar-refractivity contribution in [3.05, 3.63) is 41.9 Å². The van der Waals surface area contributed by atoms with Gasteiger partial charge in [-0.25, -0.2) is 0 Å². The van der Waals surface area contributed by atoms with E-state index in [2.05, 4.69) is 10.1 Å². The van der Waals surface area contributed by atoms with Crippen molar-refractivity contribution in [2.75, 3.05) is 33.3 Å². The fourth-order valence-corrected chi connectivity index (χ4v) is 2.38. The lowest BCUT2D eigenvalue weighted by atomic mass is 10.2. The third-order valence-electron chi connectivity index (χ3n) is 3.65. The van der Waals surface area contributed by atoms with Gasteiger partial charge in [-0.2, -0.15) is 0 Å². The van der Waals surface area contributed by atoms with Gasteiger partial charge in [0.25, 0.3) is 17.7 Å². The molecule has 1 aliphatic rings. The largest absolute Gasteiger partial charge is 0.479 e. The number of carbonyl (C=O) groups excluding carboxylic acids is 2. The van der Waals surface area contributed by atoms with Gasteiger partial charge in [-0.3, -0.25) is 14.6 Å². The molecule has 0 spiro atoms. The number of methoxy groups -OCH3 is 1. The molecule has 23 heavy (non-hydrogen) atoms. The van der Waals surface area contributed by atoms with Crippen molar-refractivity contribution in [3.63, 3.8) is 0 Å². The van der Waals surface area contributed by atoms with Gasteiger partial charge in [0, 0.05) is 32.4 Å². The monoisotopic (exact) mass is 316 g/mol. The van der Waals surface area contributed by atoms with E-state index in [0.29, 0.717) is 31.9 Å². The Morgan fingerprint density at radius 1 is 1.13 bits per heavy atom. The highest BCUT2D eigenvalue weighted by molar-refractivity contribution is 5.93. The van der Waals surface area contributed by atoms with E-state index in [1.54, 1.807) is 34.2 Å². The van der Waals surface area contributed by atoms with E-state index in [4.69, 9.17) is 9.26 Å². The van der Waals surface area contributed by atoms with E-state index in [0.717, 1.165) is 0 Å². The summed E-state index contributed by atoms with van der Waals surface area (Å²) in [5, 5.41) is 3.62. The molecular formula is C15H16N4O4. The standard InChI is InChI=1S/C15H16N4O4/c1-22-13-10-12(23-17-13)15(21)19-8-6-18(7-9-19)14(20)11-4-2-3-5-16-11/h2-5,10H,6-9H2,1H3. The molecule has 2 amide bonds. The van der Waals surface area contributed by atoms with Gasteiger partial charge < -0.3 is 19.1 Å². The first-order chi connectivity index (χ1) is 11.2. The van der Waals surface area contributed by atoms with Gasteiger partial charge in [-0.05, 0) is 17.3 Å². The number of piperazine rings is 1. The smallest absolute Gasteiger partial charge is 0.292 e. The number of pyridine rings is 1. The van der Waals surface area contributed by atoms with Crippen LogP contribution in [0, 0.1) is 0 Å². The van der Waals surface area contributed by atoms with Crippen LogP contribution in [0.2, 0.25) is 0 Å². The number of nitrogens with zero attached hydrogens (tertiary/aromatic N) is 4. The molecule has 0 aromatic carbocycles. The maximum Gasteiger partial charge on any atom is 0.292 e. The van der Waals surface area contributed by atoms with Gasteiger partial charge in [0.05, 0.1) is 13.2 Å². The molecule has 0 atom stereocenters. The van der Waals surface area contributed by atoms with Crippen LogP contribution in [0.15, 0.2) is 35.0 Å². The number of aromatic nitrogens is 2. The van der Waals surface area contributed by atoms with Gasteiger partial charge in [-0.15, -0.1) is 0 Å². The summed E-state index contributed by atoms with van der Waals surface area (Å²) in [6.45, 7) is 1.76. The normalized spacial score (nSPS) is 14.7. The molecule has 8 nitrogen and oxygen atoms in total. The Balaban J connectivity index is 1.60. The molecule has 0 saturated carbocycles. The average molecular weight is 316 g/mol. The van der Waals surface area contributed by atoms with Crippen LogP contribution >= 0.6 is 0 Å². The van der Waals surface area contributed by atoms with Crippen LogP contribution in [0.3, 0.4) is 0 Å². The third kappa shape index (κ3) is 3.15. The van der Waals surface area contributed by atoms with Crippen molar-refractivity contribution < 1.29 is 18.8 Å². The molecule has 1 fully saturated rings. The van der Waals surface area contributed by atoms with E-state index < -0.39 is 0 Å². The predicted molar refractivity (Wildman–Crippen MR) is 79.1 cm³/mol. The van der Waals surface area contributed by atoms with Crippen LogP contribution in [0.4, 0.5) is 0 Å². The Labute approximate surface area is 132 Å². The summed E-state index contributed by atoms with van der Waals surface area (Å²) in [6.07, 6.45) is 1.59. The molecule has 0 aliphatic carbocycles. The number of hydrogen-bond donors (Lipinski definition) is 0. The first-order valence-corrected chi connectivity index (χ1v) is 7.19. The summed E-state index contributed by atoms with van der Waals surface area (Å²) in [5.74, 6) is 0.00781. The van der Waals surface area contributed by atoms with Crippen molar-refractivity contribution in [2.45, 2.75) is 0 Å². The zero-order valence-electron chi connectivity index (χ0n) is 12.6. The van der Waals surface area contributed by atoms with Crippen molar-refractivity contribution in [1.82, 2.24) is 19.9 Å². The van der Waals surface area contributed by atoms with E-state index >= 15 is 0 Å². The van der Waals surface area contributed by atoms with Crippen molar-refractivity contribution in [3.8, 4) is 5.88 Å². The minimum atomic E-state index is -0.259. The summed E-state index contributed by atoms with van der Waals surface area (Å²) in [5.41, 5.74) is 0.409. The quantitative estimate of drug-likeness (QED) is 0.827. The molecule has 2 aromatic rings. The SMILES string of the molecule is COc1cc(C(=O)N2CCN(C(=O)c3ccccn3)CC2)on1. The molecule has 0 unspecified atom stereocenters. The van der Waals surface area contributed by atoms with Crippen molar-refractivity contribution >= 4 is 11.8 Å². The minimum absolute atomic E-state index is 0.126. The molecule has 8 heteroatoms. The summed E-state index contributed by atoms with van der Waals surface area (Å²) in [6, 6.07) is 6.67. The van der Waals surface area contributed by atoms with Crippen LogP contribution in [-0.4, -0.2) is 65.0 Å². The highest BCUT2D eigenvalue weighted by Crippen LogP contribution is 2.15.